The van der Waals surface area contributed by atoms with Crippen molar-refractivity contribution in [3.05, 3.63) is 35.5 Å². The molecule has 2 unspecified atom stereocenters. The Bertz CT molecular complexity index is 858. The molecular formula is C32H52O4. The van der Waals surface area contributed by atoms with Crippen LogP contribution in [0.3, 0.4) is 0 Å². The summed E-state index contributed by atoms with van der Waals surface area (Å²) in [6.45, 7) is 18.4. The SMILES string of the molecule is C=C1/C(=C\C=C2/CCCC3(C)[C@@H]([C@H](C)CCC(=O)CC(=O)C(C)(C)C)CC[C@@H]23)C[C@@H](O)CC1O.CC. The molecule has 0 saturated heterocycles. The van der Waals surface area contributed by atoms with Gasteiger partial charge in [-0.15, -0.1) is 0 Å². The van der Waals surface area contributed by atoms with Crippen LogP contribution in [0.15, 0.2) is 35.5 Å². The molecule has 36 heavy (non-hydrogen) atoms. The lowest BCUT2D eigenvalue weighted by Crippen LogP contribution is -2.36. The zero-order chi connectivity index (χ0) is 27.3. The van der Waals surface area contributed by atoms with Gasteiger partial charge in [-0.25, -0.2) is 0 Å². The number of allylic oxidation sites excluding steroid dienone is 3. The largest absolute Gasteiger partial charge is 0.393 e. The van der Waals surface area contributed by atoms with Gasteiger partial charge in [-0.3, -0.25) is 9.59 Å². The van der Waals surface area contributed by atoms with Crippen LogP contribution in [0.25, 0.3) is 0 Å². The molecule has 0 aliphatic heterocycles. The molecule has 0 radical (unpaired) electrons. The van der Waals surface area contributed by atoms with Gasteiger partial charge in [-0.1, -0.05) is 72.8 Å². The molecule has 3 aliphatic carbocycles. The minimum Gasteiger partial charge on any atom is -0.393 e. The Balaban J connectivity index is 0.00000222. The van der Waals surface area contributed by atoms with E-state index in [9.17, 15) is 19.8 Å². The summed E-state index contributed by atoms with van der Waals surface area (Å²) in [6, 6.07) is 0. The van der Waals surface area contributed by atoms with Crippen LogP contribution in [0.1, 0.15) is 113 Å². The summed E-state index contributed by atoms with van der Waals surface area (Å²) in [5.41, 5.74) is 3.00. The van der Waals surface area contributed by atoms with E-state index in [2.05, 4.69) is 32.6 Å². The number of rotatable bonds is 7. The molecule has 0 aromatic carbocycles. The van der Waals surface area contributed by atoms with E-state index < -0.39 is 17.6 Å². The third-order valence-electron chi connectivity index (χ3n) is 9.06. The molecule has 6 atom stereocenters. The van der Waals surface area contributed by atoms with Gasteiger partial charge in [0.15, 0.2) is 0 Å². The fourth-order valence-corrected chi connectivity index (χ4v) is 6.80. The number of hydrogen-bond acceptors (Lipinski definition) is 4. The standard InChI is InChI=1S/C30H46O4.C2H6/c1-19(9-12-23(31)18-28(34)29(3,4)5)25-13-14-26-21(8-7-15-30(25,26)6)10-11-22-16-24(32)17-27(33)20(22)2;1-2/h10-11,19,24-27,32-33H,2,7-9,12-18H2,1,3-6H3;1-2H3/b21-10+,22-11-;/t19-,24-,25-,26+,27?,30?;/m1./s1. The first-order valence-corrected chi connectivity index (χ1v) is 14.3. The van der Waals surface area contributed by atoms with Gasteiger partial charge in [0.05, 0.1) is 18.6 Å². The molecule has 0 amide bonds. The molecule has 3 fully saturated rings. The Morgan fingerprint density at radius 3 is 2.47 bits per heavy atom. The fraction of sp³-hybridized carbons (Fsp3) is 0.750. The maximum Gasteiger partial charge on any atom is 0.145 e. The zero-order valence-corrected chi connectivity index (χ0v) is 24.0. The number of Topliss-reactive ketones (excluding diaryl/α,β-unsaturated/α-hetero) is 2. The van der Waals surface area contributed by atoms with E-state index in [1.54, 1.807) is 0 Å². The molecule has 0 bridgehead atoms. The molecule has 3 saturated carbocycles. The van der Waals surface area contributed by atoms with Crippen LogP contribution in [0.2, 0.25) is 0 Å². The van der Waals surface area contributed by atoms with Crippen LogP contribution in [0.4, 0.5) is 0 Å². The van der Waals surface area contributed by atoms with E-state index in [0.29, 0.717) is 37.0 Å². The van der Waals surface area contributed by atoms with Crippen LogP contribution in [0, 0.1) is 28.6 Å². The zero-order valence-electron chi connectivity index (χ0n) is 24.0. The van der Waals surface area contributed by atoms with Crippen molar-refractivity contribution in [3.63, 3.8) is 0 Å². The first kappa shape index (κ1) is 30.7. The molecule has 2 N–H and O–H groups in total. The lowest BCUT2D eigenvalue weighted by molar-refractivity contribution is -0.131. The average Bonchev–Trinajstić information content (AvgIpc) is 3.17. The van der Waals surface area contributed by atoms with Crippen molar-refractivity contribution in [2.45, 2.75) is 125 Å². The normalized spacial score (nSPS) is 33.6. The summed E-state index contributed by atoms with van der Waals surface area (Å²) < 4.78 is 0. The van der Waals surface area contributed by atoms with Crippen LogP contribution in [0.5, 0.6) is 0 Å². The van der Waals surface area contributed by atoms with Crippen molar-refractivity contribution in [1.29, 1.82) is 0 Å². The van der Waals surface area contributed by atoms with E-state index >= 15 is 0 Å². The van der Waals surface area contributed by atoms with Gasteiger partial charge in [0.2, 0.25) is 0 Å². The van der Waals surface area contributed by atoms with Crippen molar-refractivity contribution in [2.75, 3.05) is 0 Å². The fourth-order valence-electron chi connectivity index (χ4n) is 6.80. The summed E-state index contributed by atoms with van der Waals surface area (Å²) in [7, 11) is 0. The maximum absolute atomic E-state index is 12.5. The van der Waals surface area contributed by atoms with E-state index in [-0.39, 0.29) is 23.4 Å². The second kappa shape index (κ2) is 12.8. The van der Waals surface area contributed by atoms with Gasteiger partial charge >= 0.3 is 0 Å². The molecule has 3 aliphatic rings. The summed E-state index contributed by atoms with van der Waals surface area (Å²) in [6.07, 6.45) is 11.4. The number of fused-ring (bicyclic) bond motifs is 1. The van der Waals surface area contributed by atoms with Gasteiger partial charge in [0, 0.05) is 18.3 Å². The van der Waals surface area contributed by atoms with E-state index in [0.717, 1.165) is 24.0 Å². The lowest BCUT2D eigenvalue weighted by Gasteiger charge is -2.44. The van der Waals surface area contributed by atoms with Gasteiger partial charge in [-0.05, 0) is 79.3 Å². The highest BCUT2D eigenvalue weighted by molar-refractivity contribution is 6.01. The highest BCUT2D eigenvalue weighted by atomic mass is 16.3. The molecule has 0 aromatic heterocycles. The summed E-state index contributed by atoms with van der Waals surface area (Å²) >= 11 is 0. The summed E-state index contributed by atoms with van der Waals surface area (Å²) in [5, 5.41) is 20.2. The van der Waals surface area contributed by atoms with Gasteiger partial charge in [0.25, 0.3) is 0 Å². The van der Waals surface area contributed by atoms with Gasteiger partial charge < -0.3 is 10.2 Å². The molecule has 4 heteroatoms. The third kappa shape index (κ3) is 7.28. The van der Waals surface area contributed by atoms with E-state index in [1.807, 2.05) is 34.6 Å². The Morgan fingerprint density at radius 2 is 1.83 bits per heavy atom. The highest BCUT2D eigenvalue weighted by Gasteiger charge is 2.50. The Labute approximate surface area is 220 Å². The maximum atomic E-state index is 12.5. The quantitative estimate of drug-likeness (QED) is 0.364. The van der Waals surface area contributed by atoms with Crippen molar-refractivity contribution >= 4 is 11.6 Å². The van der Waals surface area contributed by atoms with Crippen molar-refractivity contribution in [2.24, 2.45) is 28.6 Å². The number of aliphatic hydroxyl groups excluding tert-OH is 2. The molecule has 0 aromatic rings. The third-order valence-corrected chi connectivity index (χ3v) is 9.06. The number of carbonyl (C=O) groups is 2. The van der Waals surface area contributed by atoms with Crippen LogP contribution < -0.4 is 0 Å². The van der Waals surface area contributed by atoms with Crippen molar-refractivity contribution < 1.29 is 19.8 Å². The Kier molecular flexibility index (Phi) is 10.9. The predicted octanol–water partition coefficient (Wildman–Crippen LogP) is 7.14. The van der Waals surface area contributed by atoms with E-state index in [1.165, 1.54) is 31.3 Å². The van der Waals surface area contributed by atoms with Crippen LogP contribution in [-0.4, -0.2) is 34.0 Å². The van der Waals surface area contributed by atoms with Crippen molar-refractivity contribution in [3.8, 4) is 0 Å². The number of ketones is 2. The Hall–Kier alpha value is -1.52. The first-order valence-electron chi connectivity index (χ1n) is 14.3. The number of aliphatic hydroxyl groups is 2. The monoisotopic (exact) mass is 500 g/mol. The smallest absolute Gasteiger partial charge is 0.145 e. The van der Waals surface area contributed by atoms with Gasteiger partial charge in [-0.2, -0.15) is 0 Å². The van der Waals surface area contributed by atoms with Crippen molar-refractivity contribution in [1.82, 2.24) is 0 Å². The molecule has 4 nitrogen and oxygen atoms in total. The first-order chi connectivity index (χ1) is 16.8. The lowest BCUT2D eigenvalue weighted by atomic mass is 9.60. The second-order valence-corrected chi connectivity index (χ2v) is 12.6. The van der Waals surface area contributed by atoms with Crippen LogP contribution in [-0.2, 0) is 9.59 Å². The summed E-state index contributed by atoms with van der Waals surface area (Å²) in [4.78, 5) is 24.7. The van der Waals surface area contributed by atoms with Crippen LogP contribution >= 0.6 is 0 Å². The molecule has 0 spiro atoms. The minimum absolute atomic E-state index is 0.0370. The highest BCUT2D eigenvalue weighted by Crippen LogP contribution is 2.59. The van der Waals surface area contributed by atoms with E-state index in [4.69, 9.17) is 0 Å². The predicted molar refractivity (Wildman–Crippen MR) is 149 cm³/mol. The Morgan fingerprint density at radius 1 is 1.17 bits per heavy atom. The summed E-state index contributed by atoms with van der Waals surface area (Å²) in [5.74, 6) is 1.72. The molecule has 3 rings (SSSR count). The average molecular weight is 501 g/mol. The number of hydrogen-bond donors (Lipinski definition) is 2. The van der Waals surface area contributed by atoms with Gasteiger partial charge in [0.1, 0.15) is 11.6 Å². The molecule has 0 heterocycles. The molecular weight excluding hydrogens is 448 g/mol. The number of carbonyl (C=O) groups excluding carboxylic acids is 2. The minimum atomic E-state index is -0.650. The molecule has 204 valence electrons. The topological polar surface area (TPSA) is 74.6 Å². The second-order valence-electron chi connectivity index (χ2n) is 12.6.